The third-order valence-corrected chi connectivity index (χ3v) is 2.60. The number of aromatic nitrogens is 3. The first-order valence-corrected chi connectivity index (χ1v) is 6.21. The van der Waals surface area contributed by atoms with Gasteiger partial charge in [0.25, 0.3) is 0 Å². The number of ether oxygens (including phenoxy) is 1. The van der Waals surface area contributed by atoms with E-state index in [1.54, 1.807) is 0 Å². The van der Waals surface area contributed by atoms with Crippen molar-refractivity contribution < 1.29 is 4.74 Å². The van der Waals surface area contributed by atoms with Gasteiger partial charge in [0.15, 0.2) is 0 Å². The molecule has 1 aliphatic heterocycles. The molecule has 6 heteroatoms. The molecule has 17 heavy (non-hydrogen) atoms. The highest BCUT2D eigenvalue weighted by molar-refractivity contribution is 5.39. The molecule has 6 nitrogen and oxygen atoms in total. The normalized spacial score (nSPS) is 15.1. The molecule has 1 N–H and O–H groups in total. The molecule has 0 aromatic carbocycles. The van der Waals surface area contributed by atoms with E-state index in [0.717, 1.165) is 25.6 Å². The monoisotopic (exact) mass is 237 g/mol. The Morgan fingerprint density at radius 2 is 1.94 bits per heavy atom. The van der Waals surface area contributed by atoms with Crippen molar-refractivity contribution in [2.45, 2.75) is 26.7 Å². The summed E-state index contributed by atoms with van der Waals surface area (Å²) in [6, 6.07) is 0.403. The molecule has 0 bridgehead atoms. The first-order chi connectivity index (χ1) is 8.33. The van der Waals surface area contributed by atoms with Crippen LogP contribution >= 0.6 is 0 Å². The summed E-state index contributed by atoms with van der Waals surface area (Å²) < 4.78 is 5.36. The number of nitrogens with one attached hydrogen (secondary N) is 1. The molecule has 94 valence electrons. The van der Waals surface area contributed by atoms with Crippen molar-refractivity contribution in [2.24, 2.45) is 0 Å². The lowest BCUT2D eigenvalue weighted by Crippen LogP contribution is -2.22. The standard InChI is InChI=1S/C11H19N5O/c1-3-12-9-13-10(16-7-5-6-8-16)15-11(14-9)17-4-2/h3-8H2,1-2H3,(H,12,13,14,15). The van der Waals surface area contributed by atoms with Gasteiger partial charge in [-0.3, -0.25) is 0 Å². The molecule has 0 radical (unpaired) electrons. The van der Waals surface area contributed by atoms with Gasteiger partial charge in [0.05, 0.1) is 6.61 Å². The van der Waals surface area contributed by atoms with Crippen LogP contribution in [0, 0.1) is 0 Å². The first-order valence-electron chi connectivity index (χ1n) is 6.21. The Labute approximate surface area is 101 Å². The van der Waals surface area contributed by atoms with Gasteiger partial charge in [0.2, 0.25) is 11.9 Å². The van der Waals surface area contributed by atoms with Gasteiger partial charge >= 0.3 is 6.01 Å². The van der Waals surface area contributed by atoms with E-state index >= 15 is 0 Å². The molecule has 1 aromatic rings. The molecule has 0 spiro atoms. The van der Waals surface area contributed by atoms with Crippen LogP contribution in [-0.4, -0.2) is 41.2 Å². The highest BCUT2D eigenvalue weighted by Gasteiger charge is 2.17. The molecule has 1 saturated heterocycles. The fourth-order valence-electron chi connectivity index (χ4n) is 1.84. The van der Waals surface area contributed by atoms with Crippen LogP contribution in [0.3, 0.4) is 0 Å². The highest BCUT2D eigenvalue weighted by Crippen LogP contribution is 2.19. The molecule has 1 aromatic heterocycles. The third kappa shape index (κ3) is 2.95. The summed E-state index contributed by atoms with van der Waals surface area (Å²) in [7, 11) is 0. The van der Waals surface area contributed by atoms with Gasteiger partial charge in [0, 0.05) is 19.6 Å². The zero-order valence-electron chi connectivity index (χ0n) is 10.4. The van der Waals surface area contributed by atoms with E-state index < -0.39 is 0 Å². The summed E-state index contributed by atoms with van der Waals surface area (Å²) in [5, 5.41) is 3.10. The molecule has 0 unspecified atom stereocenters. The Morgan fingerprint density at radius 3 is 2.59 bits per heavy atom. The summed E-state index contributed by atoms with van der Waals surface area (Å²) in [5.74, 6) is 1.31. The van der Waals surface area contributed by atoms with Gasteiger partial charge in [0.1, 0.15) is 0 Å². The van der Waals surface area contributed by atoms with Crippen LogP contribution in [0.1, 0.15) is 26.7 Å². The number of rotatable bonds is 5. The number of hydrogen-bond donors (Lipinski definition) is 1. The van der Waals surface area contributed by atoms with Crippen molar-refractivity contribution in [3.63, 3.8) is 0 Å². The topological polar surface area (TPSA) is 63.2 Å². The summed E-state index contributed by atoms with van der Waals surface area (Å²) in [5.41, 5.74) is 0. The highest BCUT2D eigenvalue weighted by atomic mass is 16.5. The SMILES string of the molecule is CCNc1nc(OCC)nc(N2CCCC2)n1. The van der Waals surface area contributed by atoms with E-state index in [2.05, 4.69) is 25.2 Å². The fourth-order valence-corrected chi connectivity index (χ4v) is 1.84. The molecule has 0 aliphatic carbocycles. The Hall–Kier alpha value is -1.59. The van der Waals surface area contributed by atoms with Crippen LogP contribution in [0.4, 0.5) is 11.9 Å². The summed E-state index contributed by atoms with van der Waals surface area (Å²) in [4.78, 5) is 15.1. The maximum Gasteiger partial charge on any atom is 0.323 e. The minimum absolute atomic E-state index is 0.403. The van der Waals surface area contributed by atoms with Crippen molar-refractivity contribution in [3.05, 3.63) is 0 Å². The zero-order valence-corrected chi connectivity index (χ0v) is 10.4. The zero-order chi connectivity index (χ0) is 12.1. The first kappa shape index (κ1) is 11.9. The predicted molar refractivity (Wildman–Crippen MR) is 66.6 cm³/mol. The van der Waals surface area contributed by atoms with Crippen molar-refractivity contribution in [1.82, 2.24) is 15.0 Å². The second kappa shape index (κ2) is 5.65. The van der Waals surface area contributed by atoms with Crippen molar-refractivity contribution in [1.29, 1.82) is 0 Å². The van der Waals surface area contributed by atoms with Crippen LogP contribution < -0.4 is 15.0 Å². The van der Waals surface area contributed by atoms with Crippen molar-refractivity contribution in [2.75, 3.05) is 36.5 Å². The van der Waals surface area contributed by atoms with Crippen LogP contribution in [-0.2, 0) is 0 Å². The van der Waals surface area contributed by atoms with Crippen LogP contribution in [0.5, 0.6) is 6.01 Å². The summed E-state index contributed by atoms with van der Waals surface area (Å²) in [6.45, 7) is 7.32. The maximum absolute atomic E-state index is 5.36. The van der Waals surface area contributed by atoms with Gasteiger partial charge in [-0.1, -0.05) is 0 Å². The maximum atomic E-state index is 5.36. The third-order valence-electron chi connectivity index (χ3n) is 2.60. The number of anilines is 2. The average molecular weight is 237 g/mol. The largest absolute Gasteiger partial charge is 0.464 e. The molecule has 1 aliphatic rings. The van der Waals surface area contributed by atoms with E-state index in [9.17, 15) is 0 Å². The minimum atomic E-state index is 0.403. The van der Waals surface area contributed by atoms with Gasteiger partial charge in [-0.05, 0) is 26.7 Å². The lowest BCUT2D eigenvalue weighted by molar-refractivity contribution is 0.312. The van der Waals surface area contributed by atoms with E-state index in [1.165, 1.54) is 12.8 Å². The molecule has 1 fully saturated rings. The Kier molecular flexibility index (Phi) is 3.95. The summed E-state index contributed by atoms with van der Waals surface area (Å²) in [6.07, 6.45) is 2.40. The Bertz CT molecular complexity index is 341. The Morgan fingerprint density at radius 1 is 1.18 bits per heavy atom. The van der Waals surface area contributed by atoms with E-state index in [4.69, 9.17) is 4.74 Å². The van der Waals surface area contributed by atoms with Crippen LogP contribution in [0.25, 0.3) is 0 Å². The van der Waals surface area contributed by atoms with E-state index in [1.807, 2.05) is 13.8 Å². The number of nitrogens with zero attached hydrogens (tertiary/aromatic N) is 4. The van der Waals surface area contributed by atoms with Crippen molar-refractivity contribution >= 4 is 11.9 Å². The smallest absolute Gasteiger partial charge is 0.323 e. The van der Waals surface area contributed by atoms with E-state index in [0.29, 0.717) is 18.6 Å². The molecule has 2 heterocycles. The summed E-state index contributed by atoms with van der Waals surface area (Å²) >= 11 is 0. The lowest BCUT2D eigenvalue weighted by Gasteiger charge is -2.16. The van der Waals surface area contributed by atoms with Crippen LogP contribution in [0.15, 0.2) is 0 Å². The molecule has 2 rings (SSSR count). The Balaban J connectivity index is 2.22. The van der Waals surface area contributed by atoms with Gasteiger partial charge in [-0.2, -0.15) is 15.0 Å². The minimum Gasteiger partial charge on any atom is -0.464 e. The quantitative estimate of drug-likeness (QED) is 0.833. The molecule has 0 amide bonds. The second-order valence-electron chi connectivity index (χ2n) is 3.90. The fraction of sp³-hybridized carbons (Fsp3) is 0.727. The van der Waals surface area contributed by atoms with Crippen LogP contribution in [0.2, 0.25) is 0 Å². The number of hydrogen-bond acceptors (Lipinski definition) is 6. The predicted octanol–water partition coefficient (Wildman–Crippen LogP) is 1.30. The van der Waals surface area contributed by atoms with Gasteiger partial charge in [-0.25, -0.2) is 0 Å². The van der Waals surface area contributed by atoms with Crippen molar-refractivity contribution in [3.8, 4) is 6.01 Å². The molecular weight excluding hydrogens is 218 g/mol. The van der Waals surface area contributed by atoms with Gasteiger partial charge in [-0.15, -0.1) is 0 Å². The van der Waals surface area contributed by atoms with E-state index in [-0.39, 0.29) is 0 Å². The average Bonchev–Trinajstić information content (AvgIpc) is 2.83. The second-order valence-corrected chi connectivity index (χ2v) is 3.90. The molecule has 0 saturated carbocycles. The molecular formula is C11H19N5O. The molecule has 0 atom stereocenters. The lowest BCUT2D eigenvalue weighted by atomic mass is 10.4. The van der Waals surface area contributed by atoms with Gasteiger partial charge < -0.3 is 15.0 Å².